The molecule has 2 rings (SSSR count). The Morgan fingerprint density at radius 3 is 2.48 bits per heavy atom. The molecule has 0 radical (unpaired) electrons. The third-order valence-electron chi connectivity index (χ3n) is 4.18. The third-order valence-corrected chi connectivity index (χ3v) is 4.18. The Kier molecular flexibility index (Phi) is 7.75. The summed E-state index contributed by atoms with van der Waals surface area (Å²) in [6.07, 6.45) is 1.19. The number of hydrogen-bond donors (Lipinski definition) is 2. The highest BCUT2D eigenvalue weighted by Gasteiger charge is 2.22. The van der Waals surface area contributed by atoms with Gasteiger partial charge in [-0.2, -0.15) is 0 Å². The lowest BCUT2D eigenvalue weighted by Gasteiger charge is -2.29. The summed E-state index contributed by atoms with van der Waals surface area (Å²) in [5, 5.41) is 5.06. The van der Waals surface area contributed by atoms with Crippen LogP contribution in [0.4, 0.5) is 11.4 Å². The van der Waals surface area contributed by atoms with Gasteiger partial charge in [0.05, 0.1) is 6.54 Å². The number of nitrogens with zero attached hydrogens (tertiary/aromatic N) is 1. The lowest BCUT2D eigenvalue weighted by Crippen LogP contribution is -2.41. The van der Waals surface area contributed by atoms with Crippen molar-refractivity contribution >= 4 is 29.1 Å². The fourth-order valence-electron chi connectivity index (χ4n) is 2.96. The van der Waals surface area contributed by atoms with E-state index in [1.54, 1.807) is 17.0 Å². The number of aryl methyl sites for hydroxylation is 1. The highest BCUT2D eigenvalue weighted by atomic mass is 16.7. The largest absolute Gasteiger partial charge is 0.351 e. The van der Waals surface area contributed by atoms with Gasteiger partial charge in [-0.1, -0.05) is 6.07 Å². The number of rotatable bonds is 7. The van der Waals surface area contributed by atoms with Gasteiger partial charge in [0, 0.05) is 38.1 Å². The lowest BCUT2D eigenvalue weighted by molar-refractivity contribution is -0.145. The minimum Gasteiger partial charge on any atom is -0.351 e. The van der Waals surface area contributed by atoms with Crippen molar-refractivity contribution in [3.05, 3.63) is 23.8 Å². The zero-order valence-electron chi connectivity index (χ0n) is 16.0. The van der Waals surface area contributed by atoms with E-state index in [0.29, 0.717) is 25.4 Å². The fraction of sp³-hybridized carbons (Fsp3) is 0.526. The quantitative estimate of drug-likeness (QED) is 0.554. The summed E-state index contributed by atoms with van der Waals surface area (Å²) in [7, 11) is 0. The first-order valence-electron chi connectivity index (χ1n) is 9.19. The highest BCUT2D eigenvalue weighted by molar-refractivity contribution is 6.39. The van der Waals surface area contributed by atoms with Gasteiger partial charge in [-0.25, -0.2) is 0 Å². The van der Waals surface area contributed by atoms with Crippen LogP contribution in [0.3, 0.4) is 0 Å². The van der Waals surface area contributed by atoms with Gasteiger partial charge in [0.15, 0.2) is 6.29 Å². The molecule has 0 bridgehead atoms. The second-order valence-electron chi connectivity index (χ2n) is 6.12. The second-order valence-corrected chi connectivity index (χ2v) is 6.12. The van der Waals surface area contributed by atoms with Crippen molar-refractivity contribution in [2.45, 2.75) is 39.9 Å². The number of carbonyl (C=O) groups excluding carboxylic acids is 3. The molecule has 2 N–H and O–H groups in total. The smallest absolute Gasteiger partial charge is 0.313 e. The summed E-state index contributed by atoms with van der Waals surface area (Å²) in [4.78, 5) is 37.7. The number of anilines is 2. The Balaban J connectivity index is 1.98. The standard InChI is InChI=1S/C19H27N3O5/c1-4-26-17(27-5-2)12-20-18(24)19(25)21-15-9-8-14-7-6-10-22(13(3)23)16(14)11-15/h8-9,11,17H,4-7,10,12H2,1-3H3,(H,20,24)(H,21,25). The number of hydrogen-bond acceptors (Lipinski definition) is 5. The molecule has 1 heterocycles. The Morgan fingerprint density at radius 1 is 1.15 bits per heavy atom. The molecule has 1 aliphatic heterocycles. The minimum atomic E-state index is -0.785. The summed E-state index contributed by atoms with van der Waals surface area (Å²) < 4.78 is 10.6. The fourth-order valence-corrected chi connectivity index (χ4v) is 2.96. The van der Waals surface area contributed by atoms with Crippen LogP contribution in [0, 0.1) is 0 Å². The molecule has 0 unspecified atom stereocenters. The zero-order valence-corrected chi connectivity index (χ0v) is 16.0. The molecule has 0 aliphatic carbocycles. The molecule has 0 fully saturated rings. The minimum absolute atomic E-state index is 0.0462. The van der Waals surface area contributed by atoms with Crippen LogP contribution in [-0.4, -0.2) is 50.3 Å². The van der Waals surface area contributed by atoms with Gasteiger partial charge in [-0.05, 0) is 44.4 Å². The summed E-state index contributed by atoms with van der Waals surface area (Å²) in [6.45, 7) is 6.76. The molecule has 0 saturated carbocycles. The lowest BCUT2D eigenvalue weighted by atomic mass is 10.0. The maximum absolute atomic E-state index is 12.1. The van der Waals surface area contributed by atoms with E-state index in [1.165, 1.54) is 6.92 Å². The summed E-state index contributed by atoms with van der Waals surface area (Å²) >= 11 is 0. The van der Waals surface area contributed by atoms with Crippen molar-refractivity contribution in [1.29, 1.82) is 0 Å². The molecule has 1 aliphatic rings. The van der Waals surface area contributed by atoms with Crippen LogP contribution in [0.1, 0.15) is 32.8 Å². The van der Waals surface area contributed by atoms with Crippen LogP contribution in [0.2, 0.25) is 0 Å². The summed E-state index contributed by atoms with van der Waals surface area (Å²) in [5.41, 5.74) is 2.29. The van der Waals surface area contributed by atoms with Crippen LogP contribution in [0.25, 0.3) is 0 Å². The first-order chi connectivity index (χ1) is 13.0. The maximum Gasteiger partial charge on any atom is 0.313 e. The molecule has 148 valence electrons. The number of carbonyl (C=O) groups is 3. The Bertz CT molecular complexity index is 686. The predicted octanol–water partition coefficient (Wildman–Crippen LogP) is 1.44. The van der Waals surface area contributed by atoms with E-state index < -0.39 is 18.1 Å². The monoisotopic (exact) mass is 377 g/mol. The Hall–Kier alpha value is -2.45. The first kappa shape index (κ1) is 20.9. The van der Waals surface area contributed by atoms with Crippen molar-refractivity contribution in [3.63, 3.8) is 0 Å². The normalized spacial score (nSPS) is 13.3. The number of ether oxygens (including phenoxy) is 2. The predicted molar refractivity (Wildman–Crippen MR) is 101 cm³/mol. The number of fused-ring (bicyclic) bond motifs is 1. The molecule has 0 atom stereocenters. The van der Waals surface area contributed by atoms with Gasteiger partial charge in [0.1, 0.15) is 0 Å². The van der Waals surface area contributed by atoms with Crippen molar-refractivity contribution in [3.8, 4) is 0 Å². The van der Waals surface area contributed by atoms with Gasteiger partial charge in [-0.3, -0.25) is 14.4 Å². The molecular formula is C19H27N3O5. The Labute approximate surface area is 159 Å². The van der Waals surface area contributed by atoms with E-state index in [1.807, 2.05) is 19.9 Å². The van der Waals surface area contributed by atoms with Crippen molar-refractivity contribution in [2.24, 2.45) is 0 Å². The van der Waals surface area contributed by atoms with Gasteiger partial charge in [0.2, 0.25) is 5.91 Å². The summed E-state index contributed by atoms with van der Waals surface area (Å²) in [5.74, 6) is -1.61. The SMILES string of the molecule is CCOC(CNC(=O)C(=O)Nc1ccc2c(c1)N(C(C)=O)CCC2)OCC. The third kappa shape index (κ3) is 5.77. The molecule has 1 aromatic carbocycles. The molecule has 0 aromatic heterocycles. The number of nitrogens with one attached hydrogen (secondary N) is 2. The van der Waals surface area contributed by atoms with E-state index in [2.05, 4.69) is 10.6 Å². The van der Waals surface area contributed by atoms with Gasteiger partial charge in [0.25, 0.3) is 0 Å². The Morgan fingerprint density at radius 2 is 1.85 bits per heavy atom. The van der Waals surface area contributed by atoms with Crippen LogP contribution < -0.4 is 15.5 Å². The molecule has 1 aromatic rings. The maximum atomic E-state index is 12.1. The van der Waals surface area contributed by atoms with E-state index in [-0.39, 0.29) is 12.5 Å². The zero-order chi connectivity index (χ0) is 19.8. The number of amides is 3. The second kappa shape index (κ2) is 10.0. The van der Waals surface area contributed by atoms with Gasteiger partial charge in [-0.15, -0.1) is 0 Å². The van der Waals surface area contributed by atoms with Gasteiger partial charge >= 0.3 is 11.8 Å². The van der Waals surface area contributed by atoms with Crippen LogP contribution in [-0.2, 0) is 30.3 Å². The highest BCUT2D eigenvalue weighted by Crippen LogP contribution is 2.30. The van der Waals surface area contributed by atoms with Crippen molar-refractivity contribution < 1.29 is 23.9 Å². The van der Waals surface area contributed by atoms with Crippen LogP contribution in [0.15, 0.2) is 18.2 Å². The number of benzene rings is 1. The molecule has 8 heteroatoms. The van der Waals surface area contributed by atoms with E-state index >= 15 is 0 Å². The average Bonchev–Trinajstić information content (AvgIpc) is 2.65. The summed E-state index contributed by atoms with van der Waals surface area (Å²) in [6, 6.07) is 5.33. The molecule has 0 spiro atoms. The van der Waals surface area contributed by atoms with E-state index in [4.69, 9.17) is 9.47 Å². The van der Waals surface area contributed by atoms with Gasteiger partial charge < -0.3 is 25.0 Å². The van der Waals surface area contributed by atoms with Crippen LogP contribution in [0.5, 0.6) is 0 Å². The van der Waals surface area contributed by atoms with Crippen LogP contribution >= 0.6 is 0 Å². The molecule has 8 nitrogen and oxygen atoms in total. The van der Waals surface area contributed by atoms with Crippen molar-refractivity contribution in [1.82, 2.24) is 5.32 Å². The van der Waals surface area contributed by atoms with Crippen molar-refractivity contribution in [2.75, 3.05) is 36.5 Å². The van der Waals surface area contributed by atoms with E-state index in [9.17, 15) is 14.4 Å². The average molecular weight is 377 g/mol. The molecular weight excluding hydrogens is 350 g/mol. The van der Waals surface area contributed by atoms with E-state index in [0.717, 1.165) is 24.1 Å². The molecule has 3 amide bonds. The molecule has 27 heavy (non-hydrogen) atoms. The topological polar surface area (TPSA) is 97.0 Å². The molecule has 0 saturated heterocycles. The first-order valence-corrected chi connectivity index (χ1v) is 9.19.